The van der Waals surface area contributed by atoms with Gasteiger partial charge in [0.2, 0.25) is 0 Å². The molecule has 134 valence electrons. The second-order valence-corrected chi connectivity index (χ2v) is 8.38. The summed E-state index contributed by atoms with van der Waals surface area (Å²) in [6.07, 6.45) is 0.685. The van der Waals surface area contributed by atoms with E-state index >= 15 is 0 Å². The van der Waals surface area contributed by atoms with Crippen LogP contribution in [0.3, 0.4) is 0 Å². The predicted octanol–water partition coefficient (Wildman–Crippen LogP) is 4.94. The second kappa shape index (κ2) is 9.88. The number of aromatic nitrogens is 1. The van der Waals surface area contributed by atoms with E-state index in [4.69, 9.17) is 4.74 Å². The summed E-state index contributed by atoms with van der Waals surface area (Å²) in [6.45, 7) is 6.28. The Labute approximate surface area is 155 Å². The zero-order chi connectivity index (χ0) is 18.2. The van der Waals surface area contributed by atoms with Gasteiger partial charge in [-0.15, -0.1) is 11.8 Å². The summed E-state index contributed by atoms with van der Waals surface area (Å²) in [4.78, 5) is 16.9. The van der Waals surface area contributed by atoms with Crippen LogP contribution in [0.15, 0.2) is 41.4 Å². The van der Waals surface area contributed by atoms with E-state index in [1.165, 1.54) is 0 Å². The van der Waals surface area contributed by atoms with Crippen molar-refractivity contribution < 1.29 is 14.1 Å². The number of hydrogen-bond donors (Lipinski definition) is 0. The van der Waals surface area contributed by atoms with Crippen molar-refractivity contribution in [2.24, 2.45) is 11.8 Å². The van der Waals surface area contributed by atoms with Gasteiger partial charge in [0.15, 0.2) is 5.66 Å². The fourth-order valence-corrected chi connectivity index (χ4v) is 4.59. The van der Waals surface area contributed by atoms with Gasteiger partial charge in [-0.25, -0.2) is 4.98 Å². The smallest absolute Gasteiger partial charge is 0.329 e. The lowest BCUT2D eigenvalue weighted by Crippen LogP contribution is -2.29. The second-order valence-electron chi connectivity index (χ2n) is 6.37. The molecule has 0 saturated carbocycles. The van der Waals surface area contributed by atoms with Crippen molar-refractivity contribution in [1.82, 2.24) is 4.98 Å². The number of ether oxygens (including phenoxy) is 1. The van der Waals surface area contributed by atoms with E-state index in [1.54, 1.807) is 18.7 Å². The molecule has 3 atom stereocenters. The number of thioether (sulfide) groups is 1. The molecule has 0 aliphatic heterocycles. The summed E-state index contributed by atoms with van der Waals surface area (Å²) >= 11 is 1.55. The average molecular weight is 378 g/mol. The van der Waals surface area contributed by atoms with Crippen molar-refractivity contribution in [3.05, 3.63) is 36.4 Å². The largest absolute Gasteiger partial charge is 0.466 e. The van der Waals surface area contributed by atoms with Crippen LogP contribution < -0.4 is 0 Å². The van der Waals surface area contributed by atoms with E-state index in [9.17, 15) is 9.36 Å². The first-order valence-electron chi connectivity index (χ1n) is 8.58. The van der Waals surface area contributed by atoms with Crippen LogP contribution in [0.5, 0.6) is 0 Å². The van der Waals surface area contributed by atoms with Crippen LogP contribution in [0.2, 0.25) is 0 Å². The van der Waals surface area contributed by atoms with Crippen molar-refractivity contribution >= 4 is 37.1 Å². The molecule has 3 unspecified atom stereocenters. The molecule has 2 aromatic rings. The summed E-state index contributed by atoms with van der Waals surface area (Å²) < 4.78 is 17.0. The van der Waals surface area contributed by atoms with E-state index in [0.717, 1.165) is 15.9 Å². The third-order valence-corrected chi connectivity index (χ3v) is 6.19. The Morgan fingerprint density at radius 2 is 2.00 bits per heavy atom. The molecule has 6 heteroatoms. The fourth-order valence-electron chi connectivity index (χ4n) is 2.72. The number of para-hydroxylation sites is 1. The molecular formula is C19H25NO3PS+. The van der Waals surface area contributed by atoms with Gasteiger partial charge in [-0.05, 0) is 31.4 Å². The SMILES string of the molecule is CCOC(=O)C(CC(C)C)C(CSc1ccc2ccccc2n1)[PH+]=O. The van der Waals surface area contributed by atoms with Crippen LogP contribution in [0.4, 0.5) is 0 Å². The molecule has 1 heterocycles. The number of nitrogens with zero attached hydrogens (tertiary/aromatic N) is 1. The molecule has 25 heavy (non-hydrogen) atoms. The van der Waals surface area contributed by atoms with Crippen molar-refractivity contribution in [1.29, 1.82) is 0 Å². The van der Waals surface area contributed by atoms with Gasteiger partial charge in [0, 0.05) is 11.1 Å². The normalized spacial score (nSPS) is 13.9. The maximum Gasteiger partial charge on any atom is 0.329 e. The predicted molar refractivity (Wildman–Crippen MR) is 105 cm³/mol. The van der Waals surface area contributed by atoms with Gasteiger partial charge in [0.05, 0.1) is 17.1 Å². The Hall–Kier alpha value is -1.45. The first-order valence-corrected chi connectivity index (χ1v) is 10.5. The highest BCUT2D eigenvalue weighted by Gasteiger charge is 2.36. The highest BCUT2D eigenvalue weighted by Crippen LogP contribution is 2.31. The number of carbonyl (C=O) groups excluding carboxylic acids is 1. The van der Waals surface area contributed by atoms with Crippen molar-refractivity contribution in [2.75, 3.05) is 12.4 Å². The molecule has 0 N–H and O–H groups in total. The Kier molecular flexibility index (Phi) is 7.86. The van der Waals surface area contributed by atoms with Crippen molar-refractivity contribution in [2.45, 2.75) is 37.9 Å². The number of carbonyl (C=O) groups is 1. The molecule has 0 amide bonds. The molecule has 0 saturated heterocycles. The highest BCUT2D eigenvalue weighted by molar-refractivity contribution is 7.99. The number of rotatable bonds is 9. The summed E-state index contributed by atoms with van der Waals surface area (Å²) in [5, 5.41) is 1.98. The molecule has 1 aromatic heterocycles. The van der Waals surface area contributed by atoms with E-state index in [-0.39, 0.29) is 17.5 Å². The Balaban J connectivity index is 2.09. The summed E-state index contributed by atoms with van der Waals surface area (Å²) in [7, 11) is -0.541. The molecule has 0 bridgehead atoms. The molecule has 4 nitrogen and oxygen atoms in total. The van der Waals surface area contributed by atoms with Crippen LogP contribution in [-0.2, 0) is 14.1 Å². The van der Waals surface area contributed by atoms with E-state index < -0.39 is 8.46 Å². The monoisotopic (exact) mass is 378 g/mol. The maximum atomic E-state index is 12.3. The third kappa shape index (κ3) is 5.79. The Bertz CT molecular complexity index is 723. The molecular weight excluding hydrogens is 353 g/mol. The van der Waals surface area contributed by atoms with Gasteiger partial charge in [-0.2, -0.15) is 0 Å². The van der Waals surface area contributed by atoms with E-state index in [0.29, 0.717) is 24.7 Å². The standard InChI is InChI=1S/C19H24NO3PS/c1-4-23-19(21)15(11-13(2)3)17(24-22)12-25-18-10-9-14-7-5-6-8-16(14)20-18/h5-10,13,15,17H,4,11-12H2,1-3H3/p+1. The molecule has 0 fully saturated rings. The lowest BCUT2D eigenvalue weighted by molar-refractivity contribution is -0.148. The Morgan fingerprint density at radius 1 is 1.24 bits per heavy atom. The molecule has 0 radical (unpaired) electrons. The molecule has 0 aliphatic carbocycles. The minimum atomic E-state index is -0.541. The summed E-state index contributed by atoms with van der Waals surface area (Å²) in [6, 6.07) is 12.0. The van der Waals surface area contributed by atoms with Crippen LogP contribution in [0.1, 0.15) is 27.2 Å². The van der Waals surface area contributed by atoms with Crippen LogP contribution in [0.25, 0.3) is 10.9 Å². The van der Waals surface area contributed by atoms with Crippen LogP contribution >= 0.6 is 20.2 Å². The average Bonchev–Trinajstić information content (AvgIpc) is 2.61. The molecule has 2 rings (SSSR count). The first-order chi connectivity index (χ1) is 12.0. The number of fused-ring (bicyclic) bond motifs is 1. The van der Waals surface area contributed by atoms with Crippen LogP contribution in [0, 0.1) is 11.8 Å². The number of benzene rings is 1. The molecule has 0 spiro atoms. The van der Waals surface area contributed by atoms with Gasteiger partial charge in [-0.1, -0.05) is 42.7 Å². The van der Waals surface area contributed by atoms with Crippen molar-refractivity contribution in [3.8, 4) is 0 Å². The lowest BCUT2D eigenvalue weighted by atomic mass is 9.94. The third-order valence-electron chi connectivity index (χ3n) is 3.94. The minimum Gasteiger partial charge on any atom is -0.466 e. The summed E-state index contributed by atoms with van der Waals surface area (Å²) in [5.41, 5.74) is 0.720. The highest BCUT2D eigenvalue weighted by atomic mass is 32.2. The summed E-state index contributed by atoms with van der Waals surface area (Å²) in [5.74, 6) is 0.362. The zero-order valence-electron chi connectivity index (χ0n) is 14.9. The topological polar surface area (TPSA) is 56.3 Å². The van der Waals surface area contributed by atoms with Crippen LogP contribution in [-0.4, -0.2) is 29.0 Å². The van der Waals surface area contributed by atoms with E-state index in [1.807, 2.05) is 36.4 Å². The Morgan fingerprint density at radius 3 is 2.68 bits per heavy atom. The fraction of sp³-hybridized carbons (Fsp3) is 0.474. The number of hydrogen-bond acceptors (Lipinski definition) is 5. The van der Waals surface area contributed by atoms with Gasteiger partial charge in [-0.3, -0.25) is 4.79 Å². The zero-order valence-corrected chi connectivity index (χ0v) is 16.7. The van der Waals surface area contributed by atoms with Gasteiger partial charge in [0.1, 0.15) is 5.92 Å². The van der Waals surface area contributed by atoms with E-state index in [2.05, 4.69) is 18.8 Å². The van der Waals surface area contributed by atoms with Gasteiger partial charge >= 0.3 is 14.4 Å². The number of pyridine rings is 1. The van der Waals surface area contributed by atoms with Gasteiger partial charge in [0.25, 0.3) is 0 Å². The minimum absolute atomic E-state index is 0.222. The van der Waals surface area contributed by atoms with Crippen molar-refractivity contribution in [3.63, 3.8) is 0 Å². The lowest BCUT2D eigenvalue weighted by Gasteiger charge is -2.18. The van der Waals surface area contributed by atoms with Gasteiger partial charge < -0.3 is 4.74 Å². The number of esters is 1. The molecule has 1 aromatic carbocycles. The quantitative estimate of drug-likeness (QED) is 0.351. The maximum absolute atomic E-state index is 12.3. The molecule has 0 aliphatic rings. The first kappa shape index (κ1) is 19.9.